The Labute approximate surface area is 121 Å². The predicted molar refractivity (Wildman–Crippen MR) is 72.0 cm³/mol. The summed E-state index contributed by atoms with van der Waals surface area (Å²) >= 11 is 0. The number of fused-ring (bicyclic) bond motifs is 5. The highest BCUT2D eigenvalue weighted by Gasteiger charge is 2.53. The van der Waals surface area contributed by atoms with Gasteiger partial charge in [0.25, 0.3) is 5.91 Å². The molecule has 4 rings (SSSR count). The van der Waals surface area contributed by atoms with Crippen molar-refractivity contribution in [3.05, 3.63) is 29.6 Å². The molecular formula is C15H16N2O4. The lowest BCUT2D eigenvalue weighted by molar-refractivity contribution is 0.0592. The first-order chi connectivity index (χ1) is 10.1. The van der Waals surface area contributed by atoms with Gasteiger partial charge in [0.1, 0.15) is 5.69 Å². The Kier molecular flexibility index (Phi) is 2.75. The molecule has 0 aromatic carbocycles. The molecule has 3 saturated heterocycles. The first kappa shape index (κ1) is 12.8. The van der Waals surface area contributed by atoms with Gasteiger partial charge in [-0.15, -0.1) is 0 Å². The number of carboxylic acid groups (broad SMARTS) is 1. The monoisotopic (exact) mass is 288 g/mol. The highest BCUT2D eigenvalue weighted by Crippen LogP contribution is 2.47. The van der Waals surface area contributed by atoms with E-state index in [1.165, 1.54) is 18.3 Å². The van der Waals surface area contributed by atoms with Gasteiger partial charge >= 0.3 is 5.97 Å². The highest BCUT2D eigenvalue weighted by atomic mass is 16.5. The van der Waals surface area contributed by atoms with Gasteiger partial charge in [0.05, 0.1) is 17.8 Å². The quantitative estimate of drug-likeness (QED) is 0.879. The van der Waals surface area contributed by atoms with Crippen LogP contribution in [-0.4, -0.2) is 52.2 Å². The highest BCUT2D eigenvalue weighted by molar-refractivity contribution is 5.95. The fourth-order valence-electron chi connectivity index (χ4n) is 3.96. The molecule has 4 atom stereocenters. The minimum Gasteiger partial charge on any atom is -0.477 e. The van der Waals surface area contributed by atoms with E-state index in [0.29, 0.717) is 29.6 Å². The molecule has 3 fully saturated rings. The maximum Gasteiger partial charge on any atom is 0.354 e. The molecule has 0 aliphatic carbocycles. The van der Waals surface area contributed by atoms with Gasteiger partial charge in [-0.3, -0.25) is 4.79 Å². The summed E-state index contributed by atoms with van der Waals surface area (Å²) in [7, 11) is 0. The number of amides is 1. The Hall–Kier alpha value is -1.95. The average molecular weight is 288 g/mol. The molecule has 4 unspecified atom stereocenters. The van der Waals surface area contributed by atoms with Gasteiger partial charge in [-0.2, -0.15) is 0 Å². The summed E-state index contributed by atoms with van der Waals surface area (Å²) in [5.74, 6) is -0.204. The summed E-state index contributed by atoms with van der Waals surface area (Å²) < 4.78 is 5.90. The maximum atomic E-state index is 12.5. The van der Waals surface area contributed by atoms with Crippen LogP contribution in [0.4, 0.5) is 0 Å². The van der Waals surface area contributed by atoms with E-state index in [4.69, 9.17) is 9.84 Å². The van der Waals surface area contributed by atoms with E-state index in [2.05, 4.69) is 4.98 Å². The molecule has 1 N–H and O–H groups in total. The number of carboxylic acids is 1. The van der Waals surface area contributed by atoms with Gasteiger partial charge in [0.15, 0.2) is 0 Å². The number of likely N-dealkylation sites (tertiary alicyclic amines) is 1. The molecule has 3 aliphatic heterocycles. The Morgan fingerprint density at radius 2 is 1.86 bits per heavy atom. The molecule has 0 saturated carbocycles. The summed E-state index contributed by atoms with van der Waals surface area (Å²) in [4.78, 5) is 28.9. The zero-order chi connectivity index (χ0) is 14.6. The Morgan fingerprint density at radius 1 is 1.19 bits per heavy atom. The van der Waals surface area contributed by atoms with E-state index in [9.17, 15) is 9.59 Å². The first-order valence-electron chi connectivity index (χ1n) is 7.27. The molecule has 21 heavy (non-hydrogen) atoms. The maximum absolute atomic E-state index is 12.5. The molecule has 1 aromatic rings. The van der Waals surface area contributed by atoms with Gasteiger partial charge in [0.2, 0.25) is 0 Å². The van der Waals surface area contributed by atoms with E-state index in [-0.39, 0.29) is 11.6 Å². The van der Waals surface area contributed by atoms with Crippen molar-refractivity contribution in [2.24, 2.45) is 11.8 Å². The summed E-state index contributed by atoms with van der Waals surface area (Å²) in [6, 6.07) is 2.91. The van der Waals surface area contributed by atoms with Crippen LogP contribution in [0, 0.1) is 11.8 Å². The van der Waals surface area contributed by atoms with Crippen molar-refractivity contribution in [1.29, 1.82) is 0 Å². The number of rotatable bonds is 2. The van der Waals surface area contributed by atoms with Crippen molar-refractivity contribution >= 4 is 11.9 Å². The minimum absolute atomic E-state index is 0.0451. The molecule has 1 aromatic heterocycles. The summed E-state index contributed by atoms with van der Waals surface area (Å²) in [5.41, 5.74) is 0.407. The van der Waals surface area contributed by atoms with Gasteiger partial charge in [-0.1, -0.05) is 0 Å². The SMILES string of the molecule is O=C(O)c1ccc(C(=O)N2CC3C4CCC(O4)C3C2)cn1. The standard InChI is InChI=1S/C15H16N2O4/c18-14(8-1-2-11(15(19)20)16-5-8)17-6-9-10(7-17)13-4-3-12(9)21-13/h1-2,5,9-10,12-13H,3-4,6-7H2,(H,19,20). The lowest BCUT2D eigenvalue weighted by Crippen LogP contribution is -2.31. The Morgan fingerprint density at radius 3 is 2.38 bits per heavy atom. The molecule has 6 heteroatoms. The fraction of sp³-hybridized carbons (Fsp3) is 0.533. The number of aromatic nitrogens is 1. The molecule has 0 spiro atoms. The number of hydrogen-bond donors (Lipinski definition) is 1. The van der Waals surface area contributed by atoms with Crippen molar-refractivity contribution in [3.8, 4) is 0 Å². The Balaban J connectivity index is 1.50. The smallest absolute Gasteiger partial charge is 0.354 e. The topological polar surface area (TPSA) is 79.7 Å². The van der Waals surface area contributed by atoms with Crippen LogP contribution < -0.4 is 0 Å². The van der Waals surface area contributed by atoms with E-state index >= 15 is 0 Å². The van der Waals surface area contributed by atoms with Crippen LogP contribution in [0.25, 0.3) is 0 Å². The molecule has 0 radical (unpaired) electrons. The molecular weight excluding hydrogens is 272 g/mol. The minimum atomic E-state index is -1.08. The summed E-state index contributed by atoms with van der Waals surface area (Å²) in [6.45, 7) is 1.48. The molecule has 4 heterocycles. The molecule has 3 aliphatic rings. The van der Waals surface area contributed by atoms with Gasteiger partial charge in [-0.05, 0) is 25.0 Å². The fourth-order valence-corrected chi connectivity index (χ4v) is 3.96. The first-order valence-corrected chi connectivity index (χ1v) is 7.27. The second-order valence-electron chi connectivity index (χ2n) is 6.07. The summed E-state index contributed by atoms with van der Waals surface area (Å²) in [6.07, 6.45) is 4.23. The van der Waals surface area contributed by atoms with E-state index in [0.717, 1.165) is 25.9 Å². The number of carbonyl (C=O) groups excluding carboxylic acids is 1. The zero-order valence-corrected chi connectivity index (χ0v) is 11.4. The number of carbonyl (C=O) groups is 2. The van der Waals surface area contributed by atoms with E-state index in [1.54, 1.807) is 0 Å². The molecule has 110 valence electrons. The second kappa shape index (κ2) is 4.53. The van der Waals surface area contributed by atoms with Crippen LogP contribution in [0.5, 0.6) is 0 Å². The summed E-state index contributed by atoms with van der Waals surface area (Å²) in [5, 5.41) is 8.83. The van der Waals surface area contributed by atoms with Crippen LogP contribution in [0.15, 0.2) is 18.3 Å². The predicted octanol–water partition coefficient (Wildman–Crippen LogP) is 1.03. The lowest BCUT2D eigenvalue weighted by Gasteiger charge is -2.18. The van der Waals surface area contributed by atoms with Crippen LogP contribution in [-0.2, 0) is 4.74 Å². The van der Waals surface area contributed by atoms with Crippen molar-refractivity contribution in [2.75, 3.05) is 13.1 Å². The van der Waals surface area contributed by atoms with Gasteiger partial charge in [0, 0.05) is 31.1 Å². The lowest BCUT2D eigenvalue weighted by atomic mass is 9.82. The zero-order valence-electron chi connectivity index (χ0n) is 11.4. The van der Waals surface area contributed by atoms with Crippen LogP contribution in [0.3, 0.4) is 0 Å². The van der Waals surface area contributed by atoms with Crippen LogP contribution in [0.2, 0.25) is 0 Å². The molecule has 2 bridgehead atoms. The van der Waals surface area contributed by atoms with Crippen LogP contribution in [0.1, 0.15) is 33.7 Å². The van der Waals surface area contributed by atoms with Gasteiger partial charge in [-0.25, -0.2) is 9.78 Å². The van der Waals surface area contributed by atoms with Crippen molar-refractivity contribution in [3.63, 3.8) is 0 Å². The molecule has 6 nitrogen and oxygen atoms in total. The Bertz CT molecular complexity index is 582. The number of ether oxygens (including phenoxy) is 1. The van der Waals surface area contributed by atoms with Gasteiger partial charge < -0.3 is 14.7 Å². The third-order valence-electron chi connectivity index (χ3n) is 4.97. The second-order valence-corrected chi connectivity index (χ2v) is 6.07. The third kappa shape index (κ3) is 1.93. The van der Waals surface area contributed by atoms with Crippen molar-refractivity contribution < 1.29 is 19.4 Å². The van der Waals surface area contributed by atoms with E-state index in [1.807, 2.05) is 4.90 Å². The van der Waals surface area contributed by atoms with Crippen molar-refractivity contribution in [2.45, 2.75) is 25.0 Å². The van der Waals surface area contributed by atoms with Crippen LogP contribution >= 0.6 is 0 Å². The normalized spacial score (nSPS) is 33.2. The number of aromatic carboxylic acids is 1. The van der Waals surface area contributed by atoms with Crippen molar-refractivity contribution in [1.82, 2.24) is 9.88 Å². The molecule has 1 amide bonds. The number of nitrogens with zero attached hydrogens (tertiary/aromatic N) is 2. The third-order valence-corrected chi connectivity index (χ3v) is 4.97. The average Bonchev–Trinajstić information content (AvgIpc) is 3.18. The number of hydrogen-bond acceptors (Lipinski definition) is 4. The largest absolute Gasteiger partial charge is 0.477 e. The number of pyridine rings is 1. The van der Waals surface area contributed by atoms with E-state index < -0.39 is 5.97 Å².